The Labute approximate surface area is 81.5 Å². The summed E-state index contributed by atoms with van der Waals surface area (Å²) in [5, 5.41) is 7.28. The van der Waals surface area contributed by atoms with E-state index in [2.05, 4.69) is 22.4 Å². The van der Waals surface area contributed by atoms with Crippen LogP contribution in [0.1, 0.15) is 25.2 Å². The van der Waals surface area contributed by atoms with Gasteiger partial charge in [-0.15, -0.1) is 0 Å². The molecule has 1 fully saturated rings. The lowest BCUT2D eigenvalue weighted by atomic mass is 10.2. The predicted molar refractivity (Wildman–Crippen MR) is 51.6 cm³/mol. The molecule has 2 unspecified atom stereocenters. The third kappa shape index (κ3) is 2.22. The Hall–Kier alpha value is -0.550. The van der Waals surface area contributed by atoms with E-state index in [1.54, 1.807) is 0 Å². The molecule has 1 aromatic rings. The van der Waals surface area contributed by atoms with Gasteiger partial charge in [-0.1, -0.05) is 5.16 Å². The molecule has 2 atom stereocenters. The van der Waals surface area contributed by atoms with E-state index in [9.17, 15) is 0 Å². The second kappa shape index (κ2) is 4.11. The maximum Gasteiger partial charge on any atom is 0.213 e. The minimum Gasteiger partial charge on any atom is -0.343 e. The molecule has 5 heteroatoms. The second-order valence-corrected chi connectivity index (χ2v) is 4.39. The van der Waals surface area contributed by atoms with Crippen molar-refractivity contribution in [3.05, 3.63) is 12.2 Å². The van der Waals surface area contributed by atoms with Gasteiger partial charge in [-0.05, 0) is 19.1 Å². The van der Waals surface area contributed by atoms with Crippen LogP contribution in [-0.4, -0.2) is 27.7 Å². The zero-order valence-electron chi connectivity index (χ0n) is 7.56. The van der Waals surface area contributed by atoms with Gasteiger partial charge in [0.1, 0.15) is 0 Å². The predicted octanol–water partition coefficient (Wildman–Crippen LogP) is 1.23. The summed E-state index contributed by atoms with van der Waals surface area (Å²) in [6, 6.07) is 0.806. The molecule has 0 bridgehead atoms. The molecule has 1 aliphatic heterocycles. The van der Waals surface area contributed by atoms with E-state index >= 15 is 0 Å². The van der Waals surface area contributed by atoms with Crippen molar-refractivity contribution in [2.24, 2.45) is 0 Å². The van der Waals surface area contributed by atoms with Gasteiger partial charge in [-0.2, -0.15) is 16.7 Å². The molecule has 0 spiro atoms. The monoisotopic (exact) mass is 199 g/mol. The topological polar surface area (TPSA) is 51.0 Å². The van der Waals surface area contributed by atoms with Crippen LogP contribution in [0.2, 0.25) is 0 Å². The van der Waals surface area contributed by atoms with Gasteiger partial charge in [0, 0.05) is 11.8 Å². The SMILES string of the molecule is CC(NC1CCSC1)c1ncon1. The van der Waals surface area contributed by atoms with Crippen molar-refractivity contribution < 1.29 is 4.52 Å². The molecule has 72 valence electrons. The number of rotatable bonds is 3. The van der Waals surface area contributed by atoms with E-state index in [-0.39, 0.29) is 6.04 Å². The molecule has 0 saturated carbocycles. The number of nitrogens with zero attached hydrogens (tertiary/aromatic N) is 2. The van der Waals surface area contributed by atoms with E-state index < -0.39 is 0 Å². The lowest BCUT2D eigenvalue weighted by Gasteiger charge is -2.15. The molecule has 4 nitrogen and oxygen atoms in total. The van der Waals surface area contributed by atoms with Crippen molar-refractivity contribution in [1.29, 1.82) is 0 Å². The van der Waals surface area contributed by atoms with Gasteiger partial charge < -0.3 is 9.84 Å². The zero-order valence-corrected chi connectivity index (χ0v) is 8.38. The summed E-state index contributed by atoms with van der Waals surface area (Å²) in [5.74, 6) is 3.20. The molecule has 0 aliphatic carbocycles. The summed E-state index contributed by atoms with van der Waals surface area (Å²) in [6.45, 7) is 2.06. The average Bonchev–Trinajstić information content (AvgIpc) is 2.74. The smallest absolute Gasteiger partial charge is 0.213 e. The van der Waals surface area contributed by atoms with Crippen LogP contribution in [0.25, 0.3) is 0 Å². The Morgan fingerprint density at radius 1 is 1.77 bits per heavy atom. The van der Waals surface area contributed by atoms with Crippen LogP contribution < -0.4 is 5.32 Å². The molecule has 0 radical (unpaired) electrons. The van der Waals surface area contributed by atoms with Crippen LogP contribution in [0.3, 0.4) is 0 Å². The van der Waals surface area contributed by atoms with Crippen LogP contribution in [-0.2, 0) is 0 Å². The van der Waals surface area contributed by atoms with E-state index in [4.69, 9.17) is 4.52 Å². The highest BCUT2D eigenvalue weighted by Crippen LogP contribution is 2.19. The summed E-state index contributed by atoms with van der Waals surface area (Å²) in [4.78, 5) is 4.01. The van der Waals surface area contributed by atoms with Crippen molar-refractivity contribution in [2.75, 3.05) is 11.5 Å². The van der Waals surface area contributed by atoms with Gasteiger partial charge in [-0.3, -0.25) is 0 Å². The van der Waals surface area contributed by atoms with Crippen molar-refractivity contribution >= 4 is 11.8 Å². The fourth-order valence-electron chi connectivity index (χ4n) is 1.46. The van der Waals surface area contributed by atoms with Crippen LogP contribution in [0.4, 0.5) is 0 Å². The largest absolute Gasteiger partial charge is 0.343 e. The Kier molecular flexibility index (Phi) is 2.85. The van der Waals surface area contributed by atoms with E-state index in [0.717, 1.165) is 5.82 Å². The lowest BCUT2D eigenvalue weighted by molar-refractivity contribution is 0.391. The summed E-state index contributed by atoms with van der Waals surface area (Å²) in [7, 11) is 0. The van der Waals surface area contributed by atoms with E-state index in [0.29, 0.717) is 6.04 Å². The lowest BCUT2D eigenvalue weighted by Crippen LogP contribution is -2.31. The number of nitrogens with one attached hydrogen (secondary N) is 1. The minimum atomic E-state index is 0.197. The van der Waals surface area contributed by atoms with Crippen LogP contribution >= 0.6 is 11.8 Å². The highest BCUT2D eigenvalue weighted by molar-refractivity contribution is 7.99. The number of hydrogen-bond acceptors (Lipinski definition) is 5. The fourth-order valence-corrected chi connectivity index (χ4v) is 2.63. The molecule has 1 aromatic heterocycles. The summed E-state index contributed by atoms with van der Waals surface area (Å²) < 4.78 is 4.69. The Morgan fingerprint density at radius 3 is 3.31 bits per heavy atom. The van der Waals surface area contributed by atoms with Crippen molar-refractivity contribution in [1.82, 2.24) is 15.5 Å². The molecule has 2 rings (SSSR count). The summed E-state index contributed by atoms with van der Waals surface area (Å²) in [6.07, 6.45) is 2.61. The van der Waals surface area contributed by atoms with Gasteiger partial charge in [0.15, 0.2) is 5.82 Å². The molecule has 1 N–H and O–H groups in total. The Morgan fingerprint density at radius 2 is 2.69 bits per heavy atom. The molecule has 1 aliphatic rings. The maximum absolute atomic E-state index is 4.69. The number of hydrogen-bond donors (Lipinski definition) is 1. The number of aromatic nitrogens is 2. The first-order chi connectivity index (χ1) is 6.36. The summed E-state index contributed by atoms with van der Waals surface area (Å²) in [5.41, 5.74) is 0. The molecular formula is C8H13N3OS. The standard InChI is InChI=1S/C8H13N3OS/c1-6(8-9-5-12-11-8)10-7-2-3-13-4-7/h5-7,10H,2-4H2,1H3. The quantitative estimate of drug-likeness (QED) is 0.793. The first kappa shape index (κ1) is 9.02. The highest BCUT2D eigenvalue weighted by atomic mass is 32.2. The molecule has 0 amide bonds. The van der Waals surface area contributed by atoms with Crippen molar-refractivity contribution in [3.8, 4) is 0 Å². The van der Waals surface area contributed by atoms with Gasteiger partial charge in [0.25, 0.3) is 0 Å². The number of thioether (sulfide) groups is 1. The second-order valence-electron chi connectivity index (χ2n) is 3.24. The van der Waals surface area contributed by atoms with Crippen LogP contribution in [0.5, 0.6) is 0 Å². The third-order valence-corrected chi connectivity index (χ3v) is 3.34. The van der Waals surface area contributed by atoms with Gasteiger partial charge in [-0.25, -0.2) is 0 Å². The Balaban J connectivity index is 1.87. The first-order valence-corrected chi connectivity index (χ1v) is 5.62. The normalized spacial score (nSPS) is 24.8. The van der Waals surface area contributed by atoms with E-state index in [1.165, 1.54) is 24.3 Å². The van der Waals surface area contributed by atoms with Crippen molar-refractivity contribution in [3.63, 3.8) is 0 Å². The van der Waals surface area contributed by atoms with Gasteiger partial charge in [0.05, 0.1) is 6.04 Å². The van der Waals surface area contributed by atoms with Gasteiger partial charge >= 0.3 is 0 Å². The zero-order chi connectivity index (χ0) is 9.10. The molecule has 13 heavy (non-hydrogen) atoms. The van der Waals surface area contributed by atoms with Crippen LogP contribution in [0, 0.1) is 0 Å². The minimum absolute atomic E-state index is 0.197. The molecule has 0 aromatic carbocycles. The third-order valence-electron chi connectivity index (χ3n) is 2.18. The summed E-state index contributed by atoms with van der Waals surface area (Å²) >= 11 is 1.99. The molecule has 2 heterocycles. The Bertz CT molecular complexity index is 246. The fraction of sp³-hybridized carbons (Fsp3) is 0.750. The van der Waals surface area contributed by atoms with E-state index in [1.807, 2.05) is 11.8 Å². The maximum atomic E-state index is 4.69. The average molecular weight is 199 g/mol. The van der Waals surface area contributed by atoms with Crippen LogP contribution in [0.15, 0.2) is 10.9 Å². The first-order valence-electron chi connectivity index (χ1n) is 4.46. The van der Waals surface area contributed by atoms with Gasteiger partial charge in [0.2, 0.25) is 6.39 Å². The molecule has 1 saturated heterocycles. The molecular weight excluding hydrogens is 186 g/mol. The highest BCUT2D eigenvalue weighted by Gasteiger charge is 2.19. The van der Waals surface area contributed by atoms with Crippen molar-refractivity contribution in [2.45, 2.75) is 25.4 Å².